The molecule has 112 valence electrons. The van der Waals surface area contributed by atoms with Crippen molar-refractivity contribution in [3.8, 4) is 11.1 Å². The number of nitrogens with two attached hydrogens (primary N) is 1. The smallest absolute Gasteiger partial charge is 0.175 e. The predicted octanol–water partition coefficient (Wildman–Crippen LogP) is 4.84. The zero-order valence-electron chi connectivity index (χ0n) is 11.7. The van der Waals surface area contributed by atoms with Gasteiger partial charge in [-0.05, 0) is 12.0 Å². The van der Waals surface area contributed by atoms with Gasteiger partial charge in [-0.3, -0.25) is 0 Å². The summed E-state index contributed by atoms with van der Waals surface area (Å²) in [6.45, 7) is 0. The average molecular weight is 309 g/mol. The number of rotatable bonds is 3. The van der Waals surface area contributed by atoms with Gasteiger partial charge in [-0.2, -0.15) is 0 Å². The van der Waals surface area contributed by atoms with Crippen molar-refractivity contribution in [2.45, 2.75) is 38.5 Å². The van der Waals surface area contributed by atoms with Gasteiger partial charge in [0.2, 0.25) is 0 Å². The highest BCUT2D eigenvalue weighted by Gasteiger charge is 2.23. The van der Waals surface area contributed by atoms with E-state index >= 15 is 0 Å². The largest absolute Gasteiger partial charge is 0.380 e. The summed E-state index contributed by atoms with van der Waals surface area (Å²) in [6.07, 6.45) is 6.90. The third-order valence-electron chi connectivity index (χ3n) is 4.21. The van der Waals surface area contributed by atoms with Crippen molar-refractivity contribution in [3.63, 3.8) is 0 Å². The second kappa shape index (κ2) is 6.06. The lowest BCUT2D eigenvalue weighted by molar-refractivity contribution is 0.311. The third-order valence-corrected chi connectivity index (χ3v) is 4.50. The summed E-state index contributed by atoms with van der Waals surface area (Å²) in [5.41, 5.74) is 6.81. The molecule has 5 heteroatoms. The Morgan fingerprint density at radius 3 is 2.81 bits per heavy atom. The van der Waals surface area contributed by atoms with Gasteiger partial charge in [0.05, 0.1) is 10.6 Å². The summed E-state index contributed by atoms with van der Waals surface area (Å²) in [4.78, 5) is 0. The number of hydrogen-bond donors (Lipinski definition) is 1. The van der Waals surface area contributed by atoms with Crippen LogP contribution >= 0.6 is 11.6 Å². The molecule has 0 radical (unpaired) electrons. The van der Waals surface area contributed by atoms with E-state index in [-0.39, 0.29) is 10.8 Å². The number of anilines is 1. The number of nitrogens with zero attached hydrogens (tertiary/aromatic N) is 1. The van der Waals surface area contributed by atoms with Crippen LogP contribution in [0.2, 0.25) is 5.02 Å². The Bertz CT molecular complexity index is 635. The molecule has 0 spiro atoms. The standard InChI is InChI=1S/C16H18ClFN2O/c17-12-8-4-7-11(15(12)18)14-13(21-20-16(14)19)9-10-5-2-1-3-6-10/h4,7-8,10H,1-3,5-6,9H2,(H2,19,20). The van der Waals surface area contributed by atoms with Crippen LogP contribution in [-0.2, 0) is 6.42 Å². The Morgan fingerprint density at radius 1 is 1.29 bits per heavy atom. The SMILES string of the molecule is Nc1noc(CC2CCCCC2)c1-c1cccc(Cl)c1F. The molecule has 3 rings (SSSR count). The van der Waals surface area contributed by atoms with Crippen molar-refractivity contribution in [2.75, 3.05) is 5.73 Å². The highest BCUT2D eigenvalue weighted by atomic mass is 35.5. The van der Waals surface area contributed by atoms with Gasteiger partial charge in [0.1, 0.15) is 11.6 Å². The first kappa shape index (κ1) is 14.4. The highest BCUT2D eigenvalue weighted by Crippen LogP contribution is 2.37. The molecule has 1 aromatic carbocycles. The van der Waals surface area contributed by atoms with Crippen molar-refractivity contribution in [3.05, 3.63) is 34.8 Å². The van der Waals surface area contributed by atoms with E-state index in [1.807, 2.05) is 0 Å². The van der Waals surface area contributed by atoms with Crippen LogP contribution < -0.4 is 5.73 Å². The van der Waals surface area contributed by atoms with Crippen LogP contribution in [0.4, 0.5) is 10.2 Å². The predicted molar refractivity (Wildman–Crippen MR) is 81.6 cm³/mol. The zero-order chi connectivity index (χ0) is 14.8. The van der Waals surface area contributed by atoms with Crippen LogP contribution in [0.1, 0.15) is 37.9 Å². The fourth-order valence-electron chi connectivity index (χ4n) is 3.12. The minimum absolute atomic E-state index is 0.0803. The van der Waals surface area contributed by atoms with Gasteiger partial charge in [-0.15, -0.1) is 0 Å². The van der Waals surface area contributed by atoms with Crippen LogP contribution in [0.3, 0.4) is 0 Å². The molecule has 0 aliphatic heterocycles. The van der Waals surface area contributed by atoms with Crippen LogP contribution in [0.15, 0.2) is 22.7 Å². The Hall–Kier alpha value is -1.55. The Balaban J connectivity index is 1.95. The molecule has 3 nitrogen and oxygen atoms in total. The van der Waals surface area contributed by atoms with Crippen molar-refractivity contribution >= 4 is 17.4 Å². The van der Waals surface area contributed by atoms with Crippen LogP contribution in [0, 0.1) is 11.7 Å². The van der Waals surface area contributed by atoms with Crippen LogP contribution in [0.5, 0.6) is 0 Å². The molecule has 2 aromatic rings. The van der Waals surface area contributed by atoms with E-state index in [0.29, 0.717) is 22.8 Å². The quantitative estimate of drug-likeness (QED) is 0.882. The minimum Gasteiger partial charge on any atom is -0.380 e. The Kier molecular flexibility index (Phi) is 4.15. The van der Waals surface area contributed by atoms with Gasteiger partial charge in [0, 0.05) is 12.0 Å². The Morgan fingerprint density at radius 2 is 2.05 bits per heavy atom. The molecule has 1 heterocycles. The lowest BCUT2D eigenvalue weighted by Crippen LogP contribution is -2.09. The summed E-state index contributed by atoms with van der Waals surface area (Å²) in [5, 5.41) is 3.90. The molecule has 1 aliphatic carbocycles. The van der Waals surface area contributed by atoms with E-state index < -0.39 is 5.82 Å². The zero-order valence-corrected chi connectivity index (χ0v) is 12.5. The maximum Gasteiger partial charge on any atom is 0.175 e. The fourth-order valence-corrected chi connectivity index (χ4v) is 3.29. The van der Waals surface area contributed by atoms with Gasteiger partial charge in [-0.1, -0.05) is 61.0 Å². The van der Waals surface area contributed by atoms with E-state index in [4.69, 9.17) is 21.9 Å². The number of nitrogen functional groups attached to an aromatic ring is 1. The Labute approximate surface area is 128 Å². The number of hydrogen-bond acceptors (Lipinski definition) is 3. The molecular weight excluding hydrogens is 291 g/mol. The summed E-state index contributed by atoms with van der Waals surface area (Å²) >= 11 is 5.86. The van der Waals surface area contributed by atoms with E-state index in [2.05, 4.69) is 5.16 Å². The van der Waals surface area contributed by atoms with Crippen molar-refractivity contribution in [1.82, 2.24) is 5.16 Å². The molecule has 0 unspecified atom stereocenters. The van der Waals surface area contributed by atoms with Gasteiger partial charge in [0.25, 0.3) is 0 Å². The molecule has 1 aliphatic rings. The molecule has 0 bridgehead atoms. The summed E-state index contributed by atoms with van der Waals surface area (Å²) in [5.74, 6) is 0.980. The molecule has 0 atom stereocenters. The second-order valence-electron chi connectivity index (χ2n) is 5.68. The maximum absolute atomic E-state index is 14.2. The van der Waals surface area contributed by atoms with Gasteiger partial charge in [-0.25, -0.2) is 4.39 Å². The highest BCUT2D eigenvalue weighted by molar-refractivity contribution is 6.31. The molecule has 0 amide bonds. The number of halogens is 2. The molecule has 0 saturated heterocycles. The van der Waals surface area contributed by atoms with Crippen molar-refractivity contribution < 1.29 is 8.91 Å². The molecule has 21 heavy (non-hydrogen) atoms. The van der Waals surface area contributed by atoms with Gasteiger partial charge < -0.3 is 10.3 Å². The molecule has 2 N–H and O–H groups in total. The van der Waals surface area contributed by atoms with E-state index in [9.17, 15) is 4.39 Å². The molecular formula is C16H18ClFN2O. The minimum atomic E-state index is -0.473. The summed E-state index contributed by atoms with van der Waals surface area (Å²) in [6, 6.07) is 4.89. The van der Waals surface area contributed by atoms with Gasteiger partial charge >= 0.3 is 0 Å². The molecule has 1 fully saturated rings. The lowest BCUT2D eigenvalue weighted by atomic mass is 9.85. The van der Waals surface area contributed by atoms with E-state index in [1.165, 1.54) is 38.2 Å². The van der Waals surface area contributed by atoms with E-state index in [0.717, 1.165) is 6.42 Å². The lowest BCUT2D eigenvalue weighted by Gasteiger charge is -2.20. The first-order valence-electron chi connectivity index (χ1n) is 7.35. The summed E-state index contributed by atoms with van der Waals surface area (Å²) < 4.78 is 19.6. The van der Waals surface area contributed by atoms with Gasteiger partial charge in [0.15, 0.2) is 5.82 Å². The number of benzene rings is 1. The molecule has 1 aromatic heterocycles. The molecule has 1 saturated carbocycles. The van der Waals surface area contributed by atoms with Crippen LogP contribution in [0.25, 0.3) is 11.1 Å². The topological polar surface area (TPSA) is 52.0 Å². The number of aromatic nitrogens is 1. The average Bonchev–Trinajstić information content (AvgIpc) is 2.84. The maximum atomic E-state index is 14.2. The first-order chi connectivity index (χ1) is 10.2. The first-order valence-corrected chi connectivity index (χ1v) is 7.73. The summed E-state index contributed by atoms with van der Waals surface area (Å²) in [7, 11) is 0. The van der Waals surface area contributed by atoms with E-state index in [1.54, 1.807) is 12.1 Å². The van der Waals surface area contributed by atoms with Crippen molar-refractivity contribution in [1.29, 1.82) is 0 Å². The normalized spacial score (nSPS) is 16.3. The van der Waals surface area contributed by atoms with Crippen LogP contribution in [-0.4, -0.2) is 5.16 Å². The monoisotopic (exact) mass is 308 g/mol. The third kappa shape index (κ3) is 2.91. The van der Waals surface area contributed by atoms with Crippen molar-refractivity contribution in [2.24, 2.45) is 5.92 Å². The fraction of sp³-hybridized carbons (Fsp3) is 0.438. The second-order valence-corrected chi connectivity index (χ2v) is 6.08.